The van der Waals surface area contributed by atoms with Crippen LogP contribution in [0.25, 0.3) is 16.8 Å². The molecule has 35 heavy (non-hydrogen) atoms. The van der Waals surface area contributed by atoms with E-state index < -0.39 is 29.9 Å². The number of carbonyl (C=O) groups excluding carboxylic acids is 1. The highest BCUT2D eigenvalue weighted by molar-refractivity contribution is 6.32. The predicted octanol–water partition coefficient (Wildman–Crippen LogP) is 4.44. The number of benzene rings is 3. The van der Waals surface area contributed by atoms with Crippen LogP contribution < -0.4 is 15.6 Å². The first-order valence-corrected chi connectivity index (χ1v) is 11.1. The van der Waals surface area contributed by atoms with Crippen LogP contribution in [-0.4, -0.2) is 33.9 Å². The molecule has 3 aromatic carbocycles. The van der Waals surface area contributed by atoms with Crippen LogP contribution in [0, 0.1) is 0 Å². The molecule has 0 bridgehead atoms. The van der Waals surface area contributed by atoms with Crippen LogP contribution in [0.15, 0.2) is 83.7 Å². The molecule has 4 rings (SSSR count). The van der Waals surface area contributed by atoms with Crippen LogP contribution in [0.4, 0.5) is 0 Å². The number of carbonyl (C=O) groups is 2. The molecule has 0 radical (unpaired) electrons. The maximum absolute atomic E-state index is 13.1. The van der Waals surface area contributed by atoms with Crippen molar-refractivity contribution in [3.8, 4) is 22.6 Å². The Bertz CT molecular complexity index is 1430. The minimum Gasteiger partial charge on any atom is -0.496 e. The molecule has 0 aliphatic heterocycles. The number of H-pyrrole nitrogens is 1. The highest BCUT2D eigenvalue weighted by atomic mass is 35.5. The van der Waals surface area contributed by atoms with Crippen molar-refractivity contribution in [2.75, 3.05) is 7.11 Å². The molecule has 4 aromatic rings. The number of nitrogens with one attached hydrogen (secondary N) is 2. The predicted molar refractivity (Wildman–Crippen MR) is 132 cm³/mol. The molecule has 1 aromatic heterocycles. The average molecular weight is 492 g/mol. The topological polar surface area (TPSA) is 113 Å². The number of amides is 1. The molecule has 1 amide bonds. The van der Waals surface area contributed by atoms with E-state index in [0.717, 1.165) is 21.9 Å². The second-order valence-corrected chi connectivity index (χ2v) is 8.15. The van der Waals surface area contributed by atoms with Crippen LogP contribution in [0.1, 0.15) is 28.5 Å². The van der Waals surface area contributed by atoms with E-state index >= 15 is 0 Å². The van der Waals surface area contributed by atoms with Gasteiger partial charge in [-0.2, -0.15) is 0 Å². The summed E-state index contributed by atoms with van der Waals surface area (Å²) in [7, 11) is 1.47. The third-order valence-electron chi connectivity index (χ3n) is 5.45. The van der Waals surface area contributed by atoms with Crippen molar-refractivity contribution in [1.82, 2.24) is 15.1 Å². The molecule has 0 aliphatic carbocycles. The van der Waals surface area contributed by atoms with Gasteiger partial charge in [-0.25, -0.2) is 4.68 Å². The lowest BCUT2D eigenvalue weighted by molar-refractivity contribution is -0.137. The highest BCUT2D eigenvalue weighted by Gasteiger charge is 2.24. The van der Waals surface area contributed by atoms with E-state index in [4.69, 9.17) is 16.3 Å². The number of carboxylic acid groups (broad SMARTS) is 1. The van der Waals surface area contributed by atoms with Gasteiger partial charge in [0.1, 0.15) is 11.4 Å². The number of hydrogen-bond acceptors (Lipinski definition) is 4. The number of rotatable bonds is 8. The number of hydrogen-bond donors (Lipinski definition) is 3. The SMILES string of the molecule is COc1ccc(-c2ccccc2)cc1C(CC(=O)O)NC(=O)c1cc(=O)n(-c2ccccc2Cl)[nH]1. The molecule has 0 saturated carbocycles. The normalized spacial score (nSPS) is 11.6. The second kappa shape index (κ2) is 10.3. The number of aromatic nitrogens is 2. The van der Waals surface area contributed by atoms with Crippen LogP contribution >= 0.6 is 11.6 Å². The summed E-state index contributed by atoms with van der Waals surface area (Å²) in [4.78, 5) is 37.3. The van der Waals surface area contributed by atoms with Gasteiger partial charge in [0.15, 0.2) is 0 Å². The molecule has 0 fully saturated rings. The minimum absolute atomic E-state index is 0.0384. The van der Waals surface area contributed by atoms with E-state index in [2.05, 4.69) is 10.4 Å². The van der Waals surface area contributed by atoms with Gasteiger partial charge < -0.3 is 15.2 Å². The fraction of sp³-hybridized carbons (Fsp3) is 0.115. The number of methoxy groups -OCH3 is 1. The Balaban J connectivity index is 1.69. The van der Waals surface area contributed by atoms with Gasteiger partial charge in [-0.3, -0.25) is 19.5 Å². The van der Waals surface area contributed by atoms with Crippen molar-refractivity contribution in [2.24, 2.45) is 0 Å². The molecular weight excluding hydrogens is 470 g/mol. The second-order valence-electron chi connectivity index (χ2n) is 7.74. The van der Waals surface area contributed by atoms with E-state index in [1.807, 2.05) is 36.4 Å². The lowest BCUT2D eigenvalue weighted by Crippen LogP contribution is -2.31. The van der Waals surface area contributed by atoms with E-state index in [0.29, 0.717) is 22.0 Å². The monoisotopic (exact) mass is 491 g/mol. The average Bonchev–Trinajstić information content (AvgIpc) is 3.25. The Morgan fingerprint density at radius 1 is 1.03 bits per heavy atom. The summed E-state index contributed by atoms with van der Waals surface area (Å²) in [6.45, 7) is 0. The molecule has 1 heterocycles. The first kappa shape index (κ1) is 23.8. The molecule has 178 valence electrons. The fourth-order valence-electron chi connectivity index (χ4n) is 3.79. The Morgan fingerprint density at radius 3 is 2.43 bits per heavy atom. The van der Waals surface area contributed by atoms with Gasteiger partial charge in [0.05, 0.1) is 30.3 Å². The largest absolute Gasteiger partial charge is 0.496 e. The molecule has 0 aliphatic rings. The van der Waals surface area contributed by atoms with Gasteiger partial charge >= 0.3 is 5.97 Å². The number of aromatic amines is 1. The Labute approximate surface area is 205 Å². The highest BCUT2D eigenvalue weighted by Crippen LogP contribution is 2.32. The fourth-order valence-corrected chi connectivity index (χ4v) is 4.01. The lowest BCUT2D eigenvalue weighted by atomic mass is 9.96. The van der Waals surface area contributed by atoms with Crippen LogP contribution in [0.2, 0.25) is 5.02 Å². The summed E-state index contributed by atoms with van der Waals surface area (Å²) in [6, 6.07) is 21.8. The van der Waals surface area contributed by atoms with Crippen molar-refractivity contribution >= 4 is 23.5 Å². The first-order valence-electron chi connectivity index (χ1n) is 10.7. The molecule has 0 saturated heterocycles. The Morgan fingerprint density at radius 2 is 1.74 bits per heavy atom. The van der Waals surface area contributed by atoms with Gasteiger partial charge in [0.25, 0.3) is 11.5 Å². The zero-order valence-corrected chi connectivity index (χ0v) is 19.5. The maximum Gasteiger partial charge on any atom is 0.305 e. The van der Waals surface area contributed by atoms with Crippen LogP contribution in [0.5, 0.6) is 5.75 Å². The number of para-hydroxylation sites is 1. The Kier molecular flexibility index (Phi) is 7.03. The number of nitrogens with zero attached hydrogens (tertiary/aromatic N) is 1. The van der Waals surface area contributed by atoms with E-state index in [1.54, 1.807) is 36.4 Å². The molecule has 9 heteroatoms. The number of carboxylic acids is 1. The van der Waals surface area contributed by atoms with Crippen molar-refractivity contribution in [2.45, 2.75) is 12.5 Å². The van der Waals surface area contributed by atoms with E-state index in [1.165, 1.54) is 7.11 Å². The Hall–Kier alpha value is -4.30. The van der Waals surface area contributed by atoms with Crippen molar-refractivity contribution in [1.29, 1.82) is 0 Å². The summed E-state index contributed by atoms with van der Waals surface area (Å²) in [6.07, 6.45) is -0.393. The minimum atomic E-state index is -1.11. The van der Waals surface area contributed by atoms with E-state index in [9.17, 15) is 19.5 Å². The molecular formula is C26H22ClN3O5. The summed E-state index contributed by atoms with van der Waals surface area (Å²) in [5, 5.41) is 15.3. The quantitative estimate of drug-likeness (QED) is 0.337. The first-order chi connectivity index (χ1) is 16.9. The zero-order chi connectivity index (χ0) is 24.9. The lowest BCUT2D eigenvalue weighted by Gasteiger charge is -2.21. The third-order valence-corrected chi connectivity index (χ3v) is 5.77. The number of ether oxygens (including phenoxy) is 1. The number of aliphatic carboxylic acids is 1. The standard InChI is InChI=1S/C26H22ClN3O5/c1-35-23-12-11-17(16-7-3-2-4-8-16)13-18(23)20(15-25(32)33)28-26(34)21-14-24(31)30(29-21)22-10-6-5-9-19(22)27/h2-14,20,29H,15H2,1H3,(H,28,34)(H,32,33). The summed E-state index contributed by atoms with van der Waals surface area (Å²) >= 11 is 6.18. The molecule has 8 nitrogen and oxygen atoms in total. The third kappa shape index (κ3) is 5.28. The molecule has 1 atom stereocenters. The molecule has 1 unspecified atom stereocenters. The van der Waals surface area contributed by atoms with Crippen molar-refractivity contribution in [3.63, 3.8) is 0 Å². The molecule has 0 spiro atoms. The summed E-state index contributed by atoms with van der Waals surface area (Å²) in [5.41, 5.74) is 2.13. The zero-order valence-electron chi connectivity index (χ0n) is 18.7. The van der Waals surface area contributed by atoms with Crippen molar-refractivity contribution in [3.05, 3.63) is 105 Å². The molecule has 3 N–H and O–H groups in total. The van der Waals surface area contributed by atoms with Gasteiger partial charge in [-0.15, -0.1) is 0 Å². The summed E-state index contributed by atoms with van der Waals surface area (Å²) in [5.74, 6) is -1.32. The van der Waals surface area contributed by atoms with Crippen molar-refractivity contribution < 1.29 is 19.4 Å². The van der Waals surface area contributed by atoms with Gasteiger partial charge in [0.2, 0.25) is 0 Å². The number of halogens is 1. The van der Waals surface area contributed by atoms with Crippen LogP contribution in [-0.2, 0) is 4.79 Å². The maximum atomic E-state index is 13.1. The van der Waals surface area contributed by atoms with Gasteiger partial charge in [-0.05, 0) is 35.4 Å². The summed E-state index contributed by atoms with van der Waals surface area (Å²) < 4.78 is 6.61. The smallest absolute Gasteiger partial charge is 0.305 e. The van der Waals surface area contributed by atoms with Crippen LogP contribution in [0.3, 0.4) is 0 Å². The van der Waals surface area contributed by atoms with Gasteiger partial charge in [0, 0.05) is 11.6 Å². The van der Waals surface area contributed by atoms with E-state index in [-0.39, 0.29) is 5.69 Å². The van der Waals surface area contributed by atoms with Gasteiger partial charge in [-0.1, -0.05) is 60.1 Å².